The van der Waals surface area contributed by atoms with E-state index in [1.807, 2.05) is 24.3 Å². The zero-order chi connectivity index (χ0) is 13.0. The molecule has 1 heterocycles. The molecule has 4 heteroatoms. The van der Waals surface area contributed by atoms with Crippen molar-refractivity contribution in [1.29, 1.82) is 0 Å². The average molecular weight is 281 g/mol. The molecule has 2 aromatic rings. The van der Waals surface area contributed by atoms with Gasteiger partial charge >= 0.3 is 0 Å². The van der Waals surface area contributed by atoms with Gasteiger partial charge in [0, 0.05) is 0 Å². The fourth-order valence-corrected chi connectivity index (χ4v) is 2.58. The van der Waals surface area contributed by atoms with E-state index >= 15 is 0 Å². The maximum Gasteiger partial charge on any atom is 0.210 e. The third-order valence-electron chi connectivity index (χ3n) is 2.56. The van der Waals surface area contributed by atoms with Gasteiger partial charge in [0.25, 0.3) is 0 Å². The number of para-hydroxylation sites is 1. The van der Waals surface area contributed by atoms with Crippen LogP contribution in [0.15, 0.2) is 36.4 Å². The largest absolute Gasteiger partial charge is 0.485 e. The first-order valence-electron chi connectivity index (χ1n) is 5.70. The number of aryl methyl sites for hydroxylation is 1. The number of hydrogen-bond acceptors (Lipinski definition) is 3. The number of thiophene rings is 1. The molecule has 1 aromatic carbocycles. The Kier molecular flexibility index (Phi) is 4.39. The van der Waals surface area contributed by atoms with Crippen molar-refractivity contribution in [2.24, 2.45) is 0 Å². The summed E-state index contributed by atoms with van der Waals surface area (Å²) in [6.07, 6.45) is 0.884. The normalized spacial score (nSPS) is 10.3. The molecule has 0 bridgehead atoms. The third kappa shape index (κ3) is 3.12. The summed E-state index contributed by atoms with van der Waals surface area (Å²) < 4.78 is 6.19. The van der Waals surface area contributed by atoms with E-state index in [2.05, 4.69) is 6.92 Å². The van der Waals surface area contributed by atoms with Gasteiger partial charge in [-0.25, -0.2) is 0 Å². The molecule has 0 aliphatic carbocycles. The molecule has 0 fully saturated rings. The quantitative estimate of drug-likeness (QED) is 0.766. The Hall–Kier alpha value is -1.32. The minimum Gasteiger partial charge on any atom is -0.485 e. The van der Waals surface area contributed by atoms with Crippen LogP contribution in [-0.4, -0.2) is 12.4 Å². The van der Waals surface area contributed by atoms with Gasteiger partial charge in [0.1, 0.15) is 5.75 Å². The van der Waals surface area contributed by atoms with Gasteiger partial charge in [0.2, 0.25) is 5.78 Å². The van der Waals surface area contributed by atoms with Gasteiger partial charge in [0.15, 0.2) is 6.61 Å². The maximum atomic E-state index is 11.9. The highest BCUT2D eigenvalue weighted by Crippen LogP contribution is 2.23. The van der Waals surface area contributed by atoms with Gasteiger partial charge in [0.05, 0.1) is 9.21 Å². The van der Waals surface area contributed by atoms with E-state index in [0.717, 1.165) is 17.7 Å². The molecule has 0 aliphatic heterocycles. The lowest BCUT2D eigenvalue weighted by Gasteiger charge is -2.08. The van der Waals surface area contributed by atoms with Gasteiger partial charge in [-0.3, -0.25) is 4.79 Å². The molecule has 18 heavy (non-hydrogen) atoms. The summed E-state index contributed by atoms with van der Waals surface area (Å²) in [5, 5.41) is 0. The van der Waals surface area contributed by atoms with Crippen molar-refractivity contribution in [1.82, 2.24) is 0 Å². The number of halogens is 1. The van der Waals surface area contributed by atoms with Crippen molar-refractivity contribution in [2.45, 2.75) is 13.3 Å². The standard InChI is InChI=1S/C14H13ClO2S/c1-2-10-5-3-4-6-12(10)17-9-11(16)13-7-8-14(15)18-13/h3-8H,2,9H2,1H3. The summed E-state index contributed by atoms with van der Waals surface area (Å²) in [6.45, 7) is 2.11. The second kappa shape index (κ2) is 6.03. The Balaban J connectivity index is 2.01. The molecule has 0 spiro atoms. The van der Waals surface area contributed by atoms with Crippen LogP contribution in [0.1, 0.15) is 22.2 Å². The van der Waals surface area contributed by atoms with Crippen molar-refractivity contribution in [3.8, 4) is 5.75 Å². The minimum atomic E-state index is -0.0437. The van der Waals surface area contributed by atoms with Crippen LogP contribution in [0.5, 0.6) is 5.75 Å². The molecule has 0 radical (unpaired) electrons. The van der Waals surface area contributed by atoms with E-state index in [4.69, 9.17) is 16.3 Å². The average Bonchev–Trinajstić information content (AvgIpc) is 2.83. The predicted molar refractivity (Wildman–Crippen MR) is 75.0 cm³/mol. The number of ether oxygens (including phenoxy) is 1. The molecule has 2 nitrogen and oxygen atoms in total. The minimum absolute atomic E-state index is 0.0437. The molecule has 1 aromatic heterocycles. The van der Waals surface area contributed by atoms with Crippen LogP contribution in [-0.2, 0) is 6.42 Å². The van der Waals surface area contributed by atoms with Crippen LogP contribution in [0.4, 0.5) is 0 Å². The van der Waals surface area contributed by atoms with E-state index < -0.39 is 0 Å². The summed E-state index contributed by atoms with van der Waals surface area (Å²) in [5.41, 5.74) is 1.11. The molecule has 2 rings (SSSR count). The van der Waals surface area contributed by atoms with Crippen molar-refractivity contribution >= 4 is 28.7 Å². The number of Topliss-reactive ketones (excluding diaryl/α,β-unsaturated/α-hetero) is 1. The van der Waals surface area contributed by atoms with Crippen LogP contribution < -0.4 is 4.74 Å². The molecule has 94 valence electrons. The van der Waals surface area contributed by atoms with Crippen LogP contribution in [0, 0.1) is 0 Å². The second-order valence-corrected chi connectivity index (χ2v) is 5.49. The molecular formula is C14H13ClO2S. The van der Waals surface area contributed by atoms with Gasteiger partial charge in [-0.15, -0.1) is 11.3 Å². The van der Waals surface area contributed by atoms with Crippen molar-refractivity contribution < 1.29 is 9.53 Å². The first-order chi connectivity index (χ1) is 8.70. The molecule has 0 saturated heterocycles. The predicted octanol–water partition coefficient (Wildman–Crippen LogP) is 4.23. The van der Waals surface area contributed by atoms with Crippen LogP contribution in [0.2, 0.25) is 4.34 Å². The number of carbonyl (C=O) groups excluding carboxylic acids is 1. The highest BCUT2D eigenvalue weighted by atomic mass is 35.5. The lowest BCUT2D eigenvalue weighted by molar-refractivity contribution is 0.0925. The van der Waals surface area contributed by atoms with Crippen LogP contribution in [0.25, 0.3) is 0 Å². The summed E-state index contributed by atoms with van der Waals surface area (Å²) >= 11 is 7.07. The summed E-state index contributed by atoms with van der Waals surface area (Å²) in [4.78, 5) is 12.5. The number of ketones is 1. The van der Waals surface area contributed by atoms with Gasteiger partial charge in [-0.1, -0.05) is 36.7 Å². The van der Waals surface area contributed by atoms with E-state index in [-0.39, 0.29) is 12.4 Å². The van der Waals surface area contributed by atoms with Gasteiger partial charge in [-0.2, -0.15) is 0 Å². The Bertz CT molecular complexity index is 548. The highest BCUT2D eigenvalue weighted by Gasteiger charge is 2.10. The van der Waals surface area contributed by atoms with Gasteiger partial charge < -0.3 is 4.74 Å². The van der Waals surface area contributed by atoms with E-state index in [0.29, 0.717) is 9.21 Å². The van der Waals surface area contributed by atoms with Crippen molar-refractivity contribution in [2.75, 3.05) is 6.61 Å². The summed E-state index contributed by atoms with van der Waals surface area (Å²) in [5.74, 6) is 0.730. The number of carbonyl (C=O) groups is 1. The smallest absolute Gasteiger partial charge is 0.210 e. The molecule has 0 amide bonds. The zero-order valence-electron chi connectivity index (χ0n) is 9.98. The van der Waals surface area contributed by atoms with E-state index in [1.54, 1.807) is 12.1 Å². The molecule has 0 aliphatic rings. The first kappa shape index (κ1) is 13.1. The third-order valence-corrected chi connectivity index (χ3v) is 3.83. The van der Waals surface area contributed by atoms with E-state index in [9.17, 15) is 4.79 Å². The Morgan fingerprint density at radius 3 is 2.72 bits per heavy atom. The maximum absolute atomic E-state index is 11.9. The fourth-order valence-electron chi connectivity index (χ4n) is 1.62. The Labute approximate surface area is 115 Å². The Morgan fingerprint density at radius 2 is 2.06 bits per heavy atom. The second-order valence-electron chi connectivity index (χ2n) is 3.78. The lowest BCUT2D eigenvalue weighted by atomic mass is 10.1. The monoisotopic (exact) mass is 280 g/mol. The molecular weight excluding hydrogens is 268 g/mol. The topological polar surface area (TPSA) is 26.3 Å². The molecule has 0 unspecified atom stereocenters. The number of benzene rings is 1. The summed E-state index contributed by atoms with van der Waals surface area (Å²) in [6, 6.07) is 11.2. The van der Waals surface area contributed by atoms with Crippen LogP contribution in [0.3, 0.4) is 0 Å². The SMILES string of the molecule is CCc1ccccc1OCC(=O)c1ccc(Cl)s1. The molecule has 0 N–H and O–H groups in total. The van der Waals surface area contributed by atoms with Crippen LogP contribution >= 0.6 is 22.9 Å². The highest BCUT2D eigenvalue weighted by molar-refractivity contribution is 7.18. The fraction of sp³-hybridized carbons (Fsp3) is 0.214. The number of hydrogen-bond donors (Lipinski definition) is 0. The van der Waals surface area contributed by atoms with Crippen molar-refractivity contribution in [3.05, 3.63) is 51.2 Å². The number of rotatable bonds is 5. The molecule has 0 saturated carbocycles. The zero-order valence-corrected chi connectivity index (χ0v) is 11.6. The Morgan fingerprint density at radius 1 is 1.28 bits per heavy atom. The van der Waals surface area contributed by atoms with Gasteiger partial charge in [-0.05, 0) is 30.2 Å². The molecule has 0 atom stereocenters. The first-order valence-corrected chi connectivity index (χ1v) is 6.89. The van der Waals surface area contributed by atoms with E-state index in [1.165, 1.54) is 11.3 Å². The van der Waals surface area contributed by atoms with Crippen molar-refractivity contribution in [3.63, 3.8) is 0 Å². The summed E-state index contributed by atoms with van der Waals surface area (Å²) in [7, 11) is 0. The lowest BCUT2D eigenvalue weighted by Crippen LogP contribution is -2.10.